The molecule has 4 rings (SSSR count). The summed E-state index contributed by atoms with van der Waals surface area (Å²) in [5.41, 5.74) is 4.94. The molecule has 1 aromatic heterocycles. The molecule has 2 aromatic carbocycles. The highest BCUT2D eigenvalue weighted by molar-refractivity contribution is 8.07. The van der Waals surface area contributed by atoms with E-state index in [1.165, 1.54) is 6.92 Å². The summed E-state index contributed by atoms with van der Waals surface area (Å²) in [5.74, 6) is -0.271. The summed E-state index contributed by atoms with van der Waals surface area (Å²) >= 11 is 4.91. The number of nitrogens with one attached hydrogen (secondary N) is 2. The standard InChI is InChI=1S/C45H67N6O11PS/c1-3-61-63(56,64)62-26-14-5-4-12-23-46-41(53)19-7-6-13-25-51-45-38-16-9-8-15-37(38)35-50(40-18-11-10-17-39(40)44(45)48-49-51)43(55)21-20-42(54)47-24-28-58-30-32-60-34-33-59-31-29-57-27-22-36(2)52/h8-11,15-18H,3-7,12-14,19-35H2,1-2H3,(H,46,53)(H,47,54)(H,56,64). The predicted molar refractivity (Wildman–Crippen MR) is 247 cm³/mol. The molecule has 0 fully saturated rings. The van der Waals surface area contributed by atoms with Crippen LogP contribution in [0.2, 0.25) is 0 Å². The van der Waals surface area contributed by atoms with Gasteiger partial charge in [-0.2, -0.15) is 0 Å². The molecule has 1 aliphatic heterocycles. The fourth-order valence-electron chi connectivity index (χ4n) is 6.88. The zero-order chi connectivity index (χ0) is 45.8. The van der Waals surface area contributed by atoms with E-state index in [2.05, 4.69) is 20.9 Å². The number of anilines is 1. The van der Waals surface area contributed by atoms with E-state index in [0.29, 0.717) is 116 Å². The maximum atomic E-state index is 13.9. The molecule has 64 heavy (non-hydrogen) atoms. The molecular formula is C45H67N6O11PS. The average molecular weight is 931 g/mol. The first kappa shape index (κ1) is 52.7. The van der Waals surface area contributed by atoms with Crippen molar-refractivity contribution >= 4 is 47.7 Å². The van der Waals surface area contributed by atoms with Crippen molar-refractivity contribution in [1.82, 2.24) is 25.6 Å². The maximum absolute atomic E-state index is 13.9. The number of carbonyl (C=O) groups is 4. The normalized spacial score (nSPS) is 13.0. The Hall–Kier alpha value is -3.97. The highest BCUT2D eigenvalue weighted by atomic mass is 32.5. The second-order valence-electron chi connectivity index (χ2n) is 15.2. The topological polar surface area (TPSA) is 202 Å². The Labute approximate surface area is 382 Å². The van der Waals surface area contributed by atoms with Gasteiger partial charge in [0.25, 0.3) is 0 Å². The van der Waals surface area contributed by atoms with Crippen LogP contribution in [0.3, 0.4) is 0 Å². The second-order valence-corrected chi connectivity index (χ2v) is 18.0. The van der Waals surface area contributed by atoms with Crippen molar-refractivity contribution in [3.8, 4) is 22.5 Å². The monoisotopic (exact) mass is 930 g/mol. The number of hydrogen-bond donors (Lipinski definition) is 3. The summed E-state index contributed by atoms with van der Waals surface area (Å²) in [6.07, 6.45) is 6.82. The summed E-state index contributed by atoms with van der Waals surface area (Å²) < 4.78 is 34.0. The van der Waals surface area contributed by atoms with Crippen LogP contribution in [-0.2, 0) is 72.1 Å². The minimum absolute atomic E-state index is 0.0243. The smallest absolute Gasteiger partial charge is 0.324 e. The maximum Gasteiger partial charge on any atom is 0.324 e. The highest BCUT2D eigenvalue weighted by Gasteiger charge is 2.29. The third kappa shape index (κ3) is 19.6. The molecule has 19 heteroatoms. The number of ether oxygens (including phenoxy) is 4. The molecule has 0 saturated heterocycles. The van der Waals surface area contributed by atoms with Crippen LogP contribution in [0.5, 0.6) is 0 Å². The molecule has 3 aromatic rings. The van der Waals surface area contributed by atoms with Crippen LogP contribution < -0.4 is 15.5 Å². The lowest BCUT2D eigenvalue weighted by Crippen LogP contribution is -2.34. The number of aromatic nitrogens is 3. The number of amides is 3. The van der Waals surface area contributed by atoms with Gasteiger partial charge in [0.1, 0.15) is 11.5 Å². The zero-order valence-electron chi connectivity index (χ0n) is 37.5. The van der Waals surface area contributed by atoms with Gasteiger partial charge in [-0.1, -0.05) is 66.9 Å². The Balaban J connectivity index is 1.16. The molecule has 0 spiro atoms. The number of carbonyl (C=O) groups excluding carboxylic acids is 4. The number of para-hydroxylation sites is 1. The van der Waals surface area contributed by atoms with Crippen molar-refractivity contribution in [2.45, 2.75) is 97.6 Å². The number of unbranched alkanes of at least 4 members (excludes halogenated alkanes) is 5. The predicted octanol–water partition coefficient (Wildman–Crippen LogP) is 5.91. The molecule has 0 saturated carbocycles. The summed E-state index contributed by atoms with van der Waals surface area (Å²) in [4.78, 5) is 61.6. The van der Waals surface area contributed by atoms with E-state index in [4.69, 9.17) is 39.8 Å². The van der Waals surface area contributed by atoms with Crippen LogP contribution >= 0.6 is 6.72 Å². The van der Waals surface area contributed by atoms with Crippen molar-refractivity contribution < 1.29 is 52.1 Å². The minimum Gasteiger partial charge on any atom is -0.379 e. The number of nitrogens with zero attached hydrogens (tertiary/aromatic N) is 4. The van der Waals surface area contributed by atoms with Gasteiger partial charge in [0.2, 0.25) is 17.7 Å². The summed E-state index contributed by atoms with van der Waals surface area (Å²) in [5, 5.41) is 15.1. The number of fused-ring (bicyclic) bond motifs is 5. The minimum atomic E-state index is -3.11. The van der Waals surface area contributed by atoms with Gasteiger partial charge in [0, 0.05) is 56.4 Å². The molecule has 1 atom stereocenters. The van der Waals surface area contributed by atoms with Gasteiger partial charge in [-0.25, -0.2) is 4.68 Å². The number of hydrogen-bond acceptors (Lipinski definition) is 13. The lowest BCUT2D eigenvalue weighted by molar-refractivity contribution is -0.125. The largest absolute Gasteiger partial charge is 0.379 e. The van der Waals surface area contributed by atoms with Gasteiger partial charge in [0.05, 0.1) is 84.0 Å². The number of ketones is 1. The Morgan fingerprint density at radius 3 is 2.05 bits per heavy atom. The molecule has 0 aliphatic carbocycles. The van der Waals surface area contributed by atoms with Gasteiger partial charge in [-0.3, -0.25) is 19.2 Å². The SMILES string of the molecule is CCOP(O)(=S)OCCCCCCNC(=O)CCCCCn1nnc2c1-c1ccccc1CN(C(=O)CCC(=O)NCCOCCOCCOCCOCCC(C)=O)c1ccccc1-2. The van der Waals surface area contributed by atoms with Gasteiger partial charge in [-0.15, -0.1) is 5.10 Å². The fourth-order valence-corrected chi connectivity index (χ4v) is 8.18. The molecule has 3 N–H and O–H groups in total. The lowest BCUT2D eigenvalue weighted by Gasteiger charge is -2.28. The zero-order valence-corrected chi connectivity index (χ0v) is 39.2. The molecule has 2 heterocycles. The van der Waals surface area contributed by atoms with E-state index in [-0.39, 0.29) is 36.3 Å². The fraction of sp³-hybridized carbons (Fsp3) is 0.600. The van der Waals surface area contributed by atoms with Crippen molar-refractivity contribution in [3.05, 3.63) is 54.1 Å². The van der Waals surface area contributed by atoms with Gasteiger partial charge in [-0.05, 0) is 63.0 Å². The van der Waals surface area contributed by atoms with Crippen LogP contribution in [-0.4, -0.2) is 123 Å². The van der Waals surface area contributed by atoms with Crippen LogP contribution in [0.25, 0.3) is 22.5 Å². The van der Waals surface area contributed by atoms with Crippen molar-refractivity contribution in [1.29, 1.82) is 0 Å². The molecule has 0 bridgehead atoms. The van der Waals surface area contributed by atoms with E-state index in [9.17, 15) is 24.1 Å². The van der Waals surface area contributed by atoms with Crippen molar-refractivity contribution in [2.24, 2.45) is 0 Å². The van der Waals surface area contributed by atoms with Crippen LogP contribution in [0.15, 0.2) is 48.5 Å². The molecule has 1 aliphatic rings. The van der Waals surface area contributed by atoms with E-state index in [1.807, 2.05) is 53.2 Å². The van der Waals surface area contributed by atoms with Crippen LogP contribution in [0, 0.1) is 0 Å². The molecular weight excluding hydrogens is 864 g/mol. The summed E-state index contributed by atoms with van der Waals surface area (Å²) in [6.45, 7) is 5.93. The molecule has 354 valence electrons. The quantitative estimate of drug-likeness (QED) is 0.0472. The molecule has 1 unspecified atom stereocenters. The molecule has 0 radical (unpaired) electrons. The van der Waals surface area contributed by atoms with Crippen molar-refractivity contribution in [2.75, 3.05) is 84.1 Å². The average Bonchev–Trinajstić information content (AvgIpc) is 3.69. The van der Waals surface area contributed by atoms with Gasteiger partial charge in [0.15, 0.2) is 0 Å². The van der Waals surface area contributed by atoms with Gasteiger partial charge < -0.3 is 48.4 Å². The van der Waals surface area contributed by atoms with Gasteiger partial charge >= 0.3 is 6.72 Å². The van der Waals surface area contributed by atoms with E-state index >= 15 is 0 Å². The number of benzene rings is 2. The van der Waals surface area contributed by atoms with E-state index < -0.39 is 6.72 Å². The Morgan fingerprint density at radius 1 is 0.688 bits per heavy atom. The van der Waals surface area contributed by atoms with Crippen LogP contribution in [0.4, 0.5) is 5.69 Å². The third-order valence-corrected chi connectivity index (χ3v) is 11.9. The number of aryl methyl sites for hydroxylation is 1. The summed E-state index contributed by atoms with van der Waals surface area (Å²) in [6, 6.07) is 15.6. The first-order chi connectivity index (χ1) is 31.1. The third-order valence-electron chi connectivity index (χ3n) is 10.1. The second kappa shape index (κ2) is 30.3. The molecule has 17 nitrogen and oxygen atoms in total. The number of rotatable bonds is 34. The van der Waals surface area contributed by atoms with Crippen molar-refractivity contribution in [3.63, 3.8) is 0 Å². The van der Waals surface area contributed by atoms with Crippen LogP contribution in [0.1, 0.15) is 90.0 Å². The molecule has 3 amide bonds. The number of Topliss-reactive ketones (excluding diaryl/α,β-unsaturated/α-hetero) is 1. The Bertz CT molecular complexity index is 1930. The first-order valence-electron chi connectivity index (χ1n) is 22.5. The highest BCUT2D eigenvalue weighted by Crippen LogP contribution is 2.43. The van der Waals surface area contributed by atoms with E-state index in [1.54, 1.807) is 11.8 Å². The van der Waals surface area contributed by atoms with E-state index in [0.717, 1.165) is 67.3 Å². The summed E-state index contributed by atoms with van der Waals surface area (Å²) in [7, 11) is 0. The Kier molecular flexibility index (Phi) is 24.9. The Morgan fingerprint density at radius 2 is 1.31 bits per heavy atom. The first-order valence-corrected chi connectivity index (χ1v) is 25.1. The lowest BCUT2D eigenvalue weighted by atomic mass is 9.95.